The number of ether oxygens (including phenoxy) is 2. The van der Waals surface area contributed by atoms with Crippen LogP contribution in [-0.4, -0.2) is 51.3 Å². The van der Waals surface area contributed by atoms with Crippen LogP contribution in [0.4, 0.5) is 5.69 Å². The zero-order valence-corrected chi connectivity index (χ0v) is 16.2. The maximum Gasteiger partial charge on any atom is 0.195 e. The van der Waals surface area contributed by atoms with Gasteiger partial charge in [0.15, 0.2) is 17.5 Å². The Bertz CT molecular complexity index is 744. The van der Waals surface area contributed by atoms with Crippen LogP contribution in [-0.2, 0) is 0 Å². The Labute approximate surface area is 160 Å². The molecule has 7 nitrogen and oxygen atoms in total. The number of furan rings is 1. The zero-order chi connectivity index (χ0) is 19.1. The normalized spacial score (nSPS) is 15.3. The molecule has 27 heavy (non-hydrogen) atoms. The summed E-state index contributed by atoms with van der Waals surface area (Å²) in [5, 5.41) is 6.63. The van der Waals surface area contributed by atoms with E-state index < -0.39 is 0 Å². The molecule has 0 saturated carbocycles. The van der Waals surface area contributed by atoms with Crippen LogP contribution in [0.1, 0.15) is 25.1 Å². The molecular formula is C20H28N4O3. The van der Waals surface area contributed by atoms with Gasteiger partial charge >= 0.3 is 0 Å². The number of aliphatic imine (C=N–C) groups is 1. The van der Waals surface area contributed by atoms with Crippen molar-refractivity contribution in [3.63, 3.8) is 0 Å². The molecule has 0 bridgehead atoms. The third-order valence-electron chi connectivity index (χ3n) is 4.27. The quantitative estimate of drug-likeness (QED) is 0.600. The molecular weight excluding hydrogens is 344 g/mol. The zero-order valence-electron chi connectivity index (χ0n) is 16.2. The van der Waals surface area contributed by atoms with Gasteiger partial charge in [0, 0.05) is 24.7 Å². The SMILES string of the molecule is CCNC(=NCC(c1ccco1)N(C)C)Nc1ccc2c(c1)OCCCO2. The number of nitrogens with zero attached hydrogens (tertiary/aromatic N) is 2. The third kappa shape index (κ3) is 5.17. The molecule has 2 N–H and O–H groups in total. The number of likely N-dealkylation sites (N-methyl/N-ethyl adjacent to an activating group) is 1. The maximum absolute atomic E-state index is 5.76. The third-order valence-corrected chi connectivity index (χ3v) is 4.27. The first-order valence-corrected chi connectivity index (χ1v) is 9.32. The molecule has 0 radical (unpaired) electrons. The second kappa shape index (κ2) is 9.32. The van der Waals surface area contributed by atoms with Gasteiger partial charge in [-0.05, 0) is 45.3 Å². The van der Waals surface area contributed by atoms with E-state index in [9.17, 15) is 0 Å². The molecule has 0 saturated heterocycles. The van der Waals surface area contributed by atoms with E-state index in [1.54, 1.807) is 6.26 Å². The van der Waals surface area contributed by atoms with Crippen molar-refractivity contribution >= 4 is 11.6 Å². The minimum absolute atomic E-state index is 0.0687. The lowest BCUT2D eigenvalue weighted by Crippen LogP contribution is -2.32. The molecule has 2 aromatic rings. The molecule has 0 spiro atoms. The van der Waals surface area contributed by atoms with Gasteiger partial charge in [-0.2, -0.15) is 0 Å². The van der Waals surface area contributed by atoms with E-state index in [0.29, 0.717) is 25.7 Å². The summed E-state index contributed by atoms with van der Waals surface area (Å²) in [4.78, 5) is 6.83. The van der Waals surface area contributed by atoms with Crippen molar-refractivity contribution in [2.45, 2.75) is 19.4 Å². The predicted octanol–water partition coefficient (Wildman–Crippen LogP) is 3.12. The molecule has 146 valence electrons. The number of guanidine groups is 1. The monoisotopic (exact) mass is 372 g/mol. The van der Waals surface area contributed by atoms with E-state index in [-0.39, 0.29) is 6.04 Å². The highest BCUT2D eigenvalue weighted by molar-refractivity contribution is 5.93. The van der Waals surface area contributed by atoms with Gasteiger partial charge in [-0.15, -0.1) is 0 Å². The Morgan fingerprint density at radius 2 is 2.00 bits per heavy atom. The minimum atomic E-state index is 0.0687. The highest BCUT2D eigenvalue weighted by Crippen LogP contribution is 2.32. The Morgan fingerprint density at radius 3 is 2.70 bits per heavy atom. The summed E-state index contributed by atoms with van der Waals surface area (Å²) >= 11 is 0. The van der Waals surface area contributed by atoms with Gasteiger partial charge in [0.25, 0.3) is 0 Å². The second-order valence-electron chi connectivity index (χ2n) is 6.55. The van der Waals surface area contributed by atoms with Gasteiger partial charge in [0.05, 0.1) is 32.1 Å². The van der Waals surface area contributed by atoms with Gasteiger partial charge in [0.1, 0.15) is 5.76 Å². The number of hydrogen-bond donors (Lipinski definition) is 2. The second-order valence-corrected chi connectivity index (χ2v) is 6.55. The number of anilines is 1. The fourth-order valence-corrected chi connectivity index (χ4v) is 2.85. The van der Waals surface area contributed by atoms with Crippen LogP contribution in [0.2, 0.25) is 0 Å². The summed E-state index contributed by atoms with van der Waals surface area (Å²) in [6.07, 6.45) is 2.58. The topological polar surface area (TPSA) is 71.3 Å². The summed E-state index contributed by atoms with van der Waals surface area (Å²) < 4.78 is 17.0. The first kappa shape index (κ1) is 19.1. The fourth-order valence-electron chi connectivity index (χ4n) is 2.85. The standard InChI is InChI=1S/C20H28N4O3/c1-4-21-20(22-14-16(24(2)3)17-7-5-10-25-17)23-15-8-9-18-19(13-15)27-12-6-11-26-18/h5,7-10,13,16H,4,6,11-12,14H2,1-3H3,(H2,21,22,23). The van der Waals surface area contributed by atoms with Gasteiger partial charge < -0.3 is 24.5 Å². The number of hydrogen-bond acceptors (Lipinski definition) is 5. The molecule has 1 aliphatic heterocycles. The molecule has 1 aliphatic rings. The molecule has 1 aromatic carbocycles. The van der Waals surface area contributed by atoms with E-state index in [1.807, 2.05) is 51.4 Å². The molecule has 3 rings (SSSR count). The lowest BCUT2D eigenvalue weighted by Gasteiger charge is -2.21. The predicted molar refractivity (Wildman–Crippen MR) is 107 cm³/mol. The highest BCUT2D eigenvalue weighted by Gasteiger charge is 2.17. The highest BCUT2D eigenvalue weighted by atomic mass is 16.5. The first-order chi connectivity index (χ1) is 13.2. The van der Waals surface area contributed by atoms with Crippen molar-refractivity contribution in [3.8, 4) is 11.5 Å². The van der Waals surface area contributed by atoms with E-state index in [1.165, 1.54) is 0 Å². The maximum atomic E-state index is 5.76. The smallest absolute Gasteiger partial charge is 0.195 e. The Hall–Kier alpha value is -2.67. The minimum Gasteiger partial charge on any atom is -0.490 e. The number of nitrogens with one attached hydrogen (secondary N) is 2. The van der Waals surface area contributed by atoms with Gasteiger partial charge in [0.2, 0.25) is 0 Å². The molecule has 1 unspecified atom stereocenters. The first-order valence-electron chi connectivity index (χ1n) is 9.32. The van der Waals surface area contributed by atoms with Gasteiger partial charge in [-0.1, -0.05) is 0 Å². The van der Waals surface area contributed by atoms with Crippen molar-refractivity contribution in [1.82, 2.24) is 10.2 Å². The fraction of sp³-hybridized carbons (Fsp3) is 0.450. The van der Waals surface area contributed by atoms with E-state index in [2.05, 4.69) is 15.5 Å². The lowest BCUT2D eigenvalue weighted by atomic mass is 10.2. The van der Waals surface area contributed by atoms with Crippen LogP contribution in [0.15, 0.2) is 46.0 Å². The Kier molecular flexibility index (Phi) is 6.59. The van der Waals surface area contributed by atoms with Crippen molar-refractivity contribution in [2.75, 3.05) is 45.7 Å². The summed E-state index contributed by atoms with van der Waals surface area (Å²) in [6, 6.07) is 9.79. The van der Waals surface area contributed by atoms with Crippen molar-refractivity contribution in [1.29, 1.82) is 0 Å². The lowest BCUT2D eigenvalue weighted by molar-refractivity contribution is 0.265. The molecule has 0 fully saturated rings. The number of benzene rings is 1. The molecule has 0 aliphatic carbocycles. The van der Waals surface area contributed by atoms with E-state index in [4.69, 9.17) is 18.9 Å². The molecule has 7 heteroatoms. The Balaban J connectivity index is 1.73. The van der Waals surface area contributed by atoms with Crippen molar-refractivity contribution in [3.05, 3.63) is 42.4 Å². The largest absolute Gasteiger partial charge is 0.490 e. The van der Waals surface area contributed by atoms with Crippen LogP contribution < -0.4 is 20.1 Å². The number of rotatable bonds is 6. The van der Waals surface area contributed by atoms with Gasteiger partial charge in [-0.3, -0.25) is 9.89 Å². The summed E-state index contributed by atoms with van der Waals surface area (Å²) in [5.41, 5.74) is 0.901. The molecule has 2 heterocycles. The summed E-state index contributed by atoms with van der Waals surface area (Å²) in [7, 11) is 4.04. The van der Waals surface area contributed by atoms with Crippen LogP contribution in [0.25, 0.3) is 0 Å². The van der Waals surface area contributed by atoms with Gasteiger partial charge in [-0.25, -0.2) is 0 Å². The summed E-state index contributed by atoms with van der Waals surface area (Å²) in [6.45, 7) is 4.73. The molecule has 1 aromatic heterocycles. The summed E-state index contributed by atoms with van der Waals surface area (Å²) in [5.74, 6) is 3.15. The van der Waals surface area contributed by atoms with E-state index in [0.717, 1.165) is 35.9 Å². The molecule has 1 atom stereocenters. The van der Waals surface area contributed by atoms with Crippen LogP contribution >= 0.6 is 0 Å². The number of fused-ring (bicyclic) bond motifs is 1. The van der Waals surface area contributed by atoms with Crippen molar-refractivity contribution < 1.29 is 13.9 Å². The van der Waals surface area contributed by atoms with Crippen LogP contribution in [0.5, 0.6) is 11.5 Å². The van der Waals surface area contributed by atoms with Crippen LogP contribution in [0, 0.1) is 0 Å². The average molecular weight is 372 g/mol. The Morgan fingerprint density at radius 1 is 1.19 bits per heavy atom. The van der Waals surface area contributed by atoms with E-state index >= 15 is 0 Å². The van der Waals surface area contributed by atoms with Crippen molar-refractivity contribution in [2.24, 2.45) is 4.99 Å². The van der Waals surface area contributed by atoms with Crippen LogP contribution in [0.3, 0.4) is 0 Å². The molecule has 0 amide bonds. The average Bonchev–Trinajstić information content (AvgIpc) is 3.07.